The summed E-state index contributed by atoms with van der Waals surface area (Å²) in [6.45, 7) is 1.52. The van der Waals surface area contributed by atoms with Crippen LogP contribution in [-0.2, 0) is 27.8 Å². The Morgan fingerprint density at radius 2 is 1.89 bits per heavy atom. The van der Waals surface area contributed by atoms with E-state index < -0.39 is 10.0 Å². The maximum absolute atomic E-state index is 12.7. The number of nitrogens with one attached hydrogen (secondary N) is 1. The summed E-state index contributed by atoms with van der Waals surface area (Å²) in [7, 11) is -1.84. The van der Waals surface area contributed by atoms with Gasteiger partial charge in [0.05, 0.1) is 13.5 Å². The number of hydrogen-bond acceptors (Lipinski definition) is 5. The number of methoxy groups -OCH3 is 1. The molecule has 2 heterocycles. The van der Waals surface area contributed by atoms with Crippen LogP contribution in [0.15, 0.2) is 40.6 Å². The van der Waals surface area contributed by atoms with Crippen LogP contribution in [0.25, 0.3) is 0 Å². The number of piperidine rings is 1. The summed E-state index contributed by atoms with van der Waals surface area (Å²) >= 11 is 1.18. The van der Waals surface area contributed by atoms with Crippen LogP contribution in [0.3, 0.4) is 0 Å². The van der Waals surface area contributed by atoms with Crippen molar-refractivity contribution in [2.75, 3.05) is 20.2 Å². The third-order valence-electron chi connectivity index (χ3n) is 4.55. The van der Waals surface area contributed by atoms with Gasteiger partial charge in [-0.2, -0.15) is 4.31 Å². The van der Waals surface area contributed by atoms with Gasteiger partial charge in [-0.25, -0.2) is 8.42 Å². The van der Waals surface area contributed by atoms with Gasteiger partial charge in [0.15, 0.2) is 0 Å². The first kappa shape index (κ1) is 19.9. The van der Waals surface area contributed by atoms with E-state index in [-0.39, 0.29) is 12.3 Å². The number of sulfonamides is 1. The highest BCUT2D eigenvalue weighted by Gasteiger charge is 2.27. The van der Waals surface area contributed by atoms with Gasteiger partial charge < -0.3 is 10.1 Å². The second-order valence-electron chi connectivity index (χ2n) is 6.45. The van der Waals surface area contributed by atoms with Crippen LogP contribution in [0.4, 0.5) is 0 Å². The van der Waals surface area contributed by atoms with Crippen molar-refractivity contribution in [3.05, 3.63) is 46.8 Å². The highest BCUT2D eigenvalue weighted by atomic mass is 32.2. The molecule has 0 unspecified atom stereocenters. The van der Waals surface area contributed by atoms with Gasteiger partial charge in [0, 0.05) is 30.1 Å². The first-order valence-electron chi connectivity index (χ1n) is 8.98. The minimum atomic E-state index is -3.44. The fraction of sp³-hybridized carbons (Fsp3) is 0.421. The number of nitrogens with zero attached hydrogens (tertiary/aromatic N) is 1. The second kappa shape index (κ2) is 8.86. The summed E-state index contributed by atoms with van der Waals surface area (Å²) in [6, 6.07) is 10.8. The highest BCUT2D eigenvalue weighted by Crippen LogP contribution is 2.27. The molecular formula is C19H24N2O4S2. The zero-order valence-corrected chi connectivity index (χ0v) is 16.9. The zero-order chi connectivity index (χ0) is 19.3. The largest absolute Gasteiger partial charge is 0.496 e. The third-order valence-corrected chi connectivity index (χ3v) is 8.00. The molecule has 1 fully saturated rings. The number of carbonyl (C=O) groups excluding carboxylic acids is 1. The first-order chi connectivity index (χ1) is 13.0. The molecule has 1 amide bonds. The van der Waals surface area contributed by atoms with E-state index in [0.717, 1.165) is 35.5 Å². The van der Waals surface area contributed by atoms with E-state index >= 15 is 0 Å². The van der Waals surface area contributed by atoms with Crippen molar-refractivity contribution >= 4 is 27.3 Å². The molecule has 1 aromatic heterocycles. The molecular weight excluding hydrogens is 384 g/mol. The Balaban J connectivity index is 1.59. The molecule has 0 spiro atoms. The topological polar surface area (TPSA) is 75.7 Å². The van der Waals surface area contributed by atoms with Crippen LogP contribution in [0.5, 0.6) is 5.75 Å². The monoisotopic (exact) mass is 408 g/mol. The van der Waals surface area contributed by atoms with Crippen molar-refractivity contribution in [2.24, 2.45) is 0 Å². The molecule has 0 bridgehead atoms. The molecule has 27 heavy (non-hydrogen) atoms. The average molecular weight is 409 g/mol. The normalized spacial score (nSPS) is 15.4. The second-order valence-corrected chi connectivity index (χ2v) is 9.78. The van der Waals surface area contributed by atoms with E-state index in [0.29, 0.717) is 23.8 Å². The van der Waals surface area contributed by atoms with Crippen LogP contribution < -0.4 is 10.1 Å². The van der Waals surface area contributed by atoms with Crippen LogP contribution in [0.2, 0.25) is 0 Å². The van der Waals surface area contributed by atoms with Crippen LogP contribution >= 0.6 is 11.3 Å². The van der Waals surface area contributed by atoms with Gasteiger partial charge in [0.1, 0.15) is 9.96 Å². The molecule has 1 aliphatic heterocycles. The fourth-order valence-corrected chi connectivity index (χ4v) is 6.11. The quantitative estimate of drug-likeness (QED) is 0.764. The van der Waals surface area contributed by atoms with E-state index in [9.17, 15) is 13.2 Å². The summed E-state index contributed by atoms with van der Waals surface area (Å²) < 4.78 is 32.5. The molecule has 146 valence electrons. The van der Waals surface area contributed by atoms with Gasteiger partial charge in [0.2, 0.25) is 5.91 Å². The van der Waals surface area contributed by atoms with E-state index in [2.05, 4.69) is 5.32 Å². The van der Waals surface area contributed by atoms with E-state index in [1.165, 1.54) is 11.3 Å². The number of ether oxygens (including phenoxy) is 1. The predicted molar refractivity (Wildman–Crippen MR) is 105 cm³/mol. The van der Waals surface area contributed by atoms with E-state index in [1.807, 2.05) is 24.3 Å². The Kier molecular flexibility index (Phi) is 6.51. The Labute approximate surface area is 164 Å². The Morgan fingerprint density at radius 3 is 2.63 bits per heavy atom. The number of rotatable bonds is 7. The molecule has 6 nitrogen and oxygen atoms in total. The lowest BCUT2D eigenvalue weighted by molar-refractivity contribution is -0.120. The number of para-hydroxylation sites is 1. The molecule has 0 aliphatic carbocycles. The first-order valence-corrected chi connectivity index (χ1v) is 11.2. The van der Waals surface area contributed by atoms with E-state index in [4.69, 9.17) is 4.74 Å². The lowest BCUT2D eigenvalue weighted by Crippen LogP contribution is -2.35. The molecule has 1 aromatic carbocycles. The standard InChI is InChI=1S/C19H24N2O4S2/c1-25-17-8-4-3-7-15(17)14-20-18(22)13-16-9-10-19(26-16)27(23,24)21-11-5-2-6-12-21/h3-4,7-10H,2,5-6,11-14H2,1H3,(H,20,22). The molecule has 0 saturated carbocycles. The average Bonchev–Trinajstić information content (AvgIpc) is 3.16. The summed E-state index contributed by atoms with van der Waals surface area (Å²) in [5.41, 5.74) is 0.896. The molecule has 1 saturated heterocycles. The zero-order valence-electron chi connectivity index (χ0n) is 15.3. The molecule has 8 heteroatoms. The summed E-state index contributed by atoms with van der Waals surface area (Å²) in [5, 5.41) is 2.86. The molecule has 1 N–H and O–H groups in total. The Bertz CT molecular complexity index is 887. The predicted octanol–water partition coefficient (Wildman–Crippen LogP) is 2.79. The summed E-state index contributed by atoms with van der Waals surface area (Å²) in [6.07, 6.45) is 3.05. The number of amides is 1. The summed E-state index contributed by atoms with van der Waals surface area (Å²) in [4.78, 5) is 13.0. The molecule has 1 aliphatic rings. The lowest BCUT2D eigenvalue weighted by Gasteiger charge is -2.25. The van der Waals surface area contributed by atoms with Gasteiger partial charge >= 0.3 is 0 Å². The minimum Gasteiger partial charge on any atom is -0.496 e. The van der Waals surface area contributed by atoms with E-state index in [1.54, 1.807) is 23.5 Å². The smallest absolute Gasteiger partial charge is 0.252 e. The van der Waals surface area contributed by atoms with Gasteiger partial charge in [0.25, 0.3) is 10.0 Å². The van der Waals surface area contributed by atoms with Crippen molar-refractivity contribution in [1.82, 2.24) is 9.62 Å². The van der Waals surface area contributed by atoms with Gasteiger partial charge in [-0.3, -0.25) is 4.79 Å². The maximum Gasteiger partial charge on any atom is 0.252 e. The van der Waals surface area contributed by atoms with Gasteiger partial charge in [-0.05, 0) is 31.0 Å². The number of thiophene rings is 1. The summed E-state index contributed by atoms with van der Waals surface area (Å²) in [5.74, 6) is 0.577. The van der Waals surface area contributed by atoms with Crippen molar-refractivity contribution in [2.45, 2.75) is 36.4 Å². The number of carbonyl (C=O) groups is 1. The van der Waals surface area contributed by atoms with Crippen molar-refractivity contribution < 1.29 is 17.9 Å². The fourth-order valence-electron chi connectivity index (χ4n) is 3.09. The highest BCUT2D eigenvalue weighted by molar-refractivity contribution is 7.91. The third kappa shape index (κ3) is 4.88. The van der Waals surface area contributed by atoms with Gasteiger partial charge in [-0.15, -0.1) is 11.3 Å². The van der Waals surface area contributed by atoms with Crippen LogP contribution in [-0.4, -0.2) is 38.8 Å². The number of hydrogen-bond donors (Lipinski definition) is 1. The molecule has 0 atom stereocenters. The van der Waals surface area contributed by atoms with Crippen LogP contribution in [0, 0.1) is 0 Å². The molecule has 3 rings (SSSR count). The minimum absolute atomic E-state index is 0.148. The van der Waals surface area contributed by atoms with Crippen molar-refractivity contribution in [1.29, 1.82) is 0 Å². The van der Waals surface area contributed by atoms with Crippen molar-refractivity contribution in [3.63, 3.8) is 0 Å². The SMILES string of the molecule is COc1ccccc1CNC(=O)Cc1ccc(S(=O)(=O)N2CCCCC2)s1. The van der Waals surface area contributed by atoms with Gasteiger partial charge in [-0.1, -0.05) is 24.6 Å². The van der Waals surface area contributed by atoms with Crippen LogP contribution in [0.1, 0.15) is 29.7 Å². The Morgan fingerprint density at radius 1 is 1.15 bits per heavy atom. The number of benzene rings is 1. The molecule has 2 aromatic rings. The van der Waals surface area contributed by atoms with Crippen molar-refractivity contribution in [3.8, 4) is 5.75 Å². The maximum atomic E-state index is 12.7. The molecule has 0 radical (unpaired) electrons. The lowest BCUT2D eigenvalue weighted by atomic mass is 10.2. The Hall–Kier alpha value is -1.90.